The number of carbonyl (C=O) groups is 2. The van der Waals surface area contributed by atoms with Crippen LogP contribution in [-0.4, -0.2) is 45.8 Å². The number of hydrogen-bond donors (Lipinski definition) is 0. The van der Waals surface area contributed by atoms with E-state index in [1.54, 1.807) is 28.0 Å². The van der Waals surface area contributed by atoms with Crippen molar-refractivity contribution < 1.29 is 14.0 Å². The Hall–Kier alpha value is -3.93. The van der Waals surface area contributed by atoms with Crippen LogP contribution in [0.3, 0.4) is 0 Å². The van der Waals surface area contributed by atoms with Gasteiger partial charge in [0.25, 0.3) is 5.91 Å². The lowest BCUT2D eigenvalue weighted by molar-refractivity contribution is -0.134. The lowest BCUT2D eigenvalue weighted by atomic mass is 9.99. The van der Waals surface area contributed by atoms with E-state index in [0.29, 0.717) is 30.8 Å². The van der Waals surface area contributed by atoms with Gasteiger partial charge in [-0.1, -0.05) is 55.5 Å². The SMILES string of the molecule is CCCN(CC(=O)N1CCn2cccc2[C@@H]1c1ccccc1F)C(=O)c1ccc2ccccc2c1. The van der Waals surface area contributed by atoms with Crippen LogP contribution in [0, 0.1) is 5.82 Å². The highest BCUT2D eigenvalue weighted by molar-refractivity contribution is 6.00. The molecule has 2 heterocycles. The van der Waals surface area contributed by atoms with E-state index in [2.05, 4.69) is 4.57 Å². The first-order chi connectivity index (χ1) is 17.1. The number of nitrogens with zero attached hydrogens (tertiary/aromatic N) is 3. The lowest BCUT2D eigenvalue weighted by Gasteiger charge is -2.38. The van der Waals surface area contributed by atoms with Crippen LogP contribution >= 0.6 is 0 Å². The van der Waals surface area contributed by atoms with Crippen molar-refractivity contribution in [2.75, 3.05) is 19.6 Å². The third kappa shape index (κ3) is 4.44. The number of fused-ring (bicyclic) bond motifs is 2. The van der Waals surface area contributed by atoms with Crippen LogP contribution in [0.15, 0.2) is 85.1 Å². The number of hydrogen-bond acceptors (Lipinski definition) is 2. The first-order valence-electron chi connectivity index (χ1n) is 12.0. The van der Waals surface area contributed by atoms with Crippen LogP contribution in [0.2, 0.25) is 0 Å². The van der Waals surface area contributed by atoms with Gasteiger partial charge in [0.1, 0.15) is 18.4 Å². The second-order valence-electron chi connectivity index (χ2n) is 8.93. The summed E-state index contributed by atoms with van der Waals surface area (Å²) in [6.07, 6.45) is 2.68. The molecule has 178 valence electrons. The zero-order chi connectivity index (χ0) is 24.4. The molecule has 35 heavy (non-hydrogen) atoms. The zero-order valence-corrected chi connectivity index (χ0v) is 19.7. The number of carbonyl (C=O) groups excluding carboxylic acids is 2. The quantitative estimate of drug-likeness (QED) is 0.387. The van der Waals surface area contributed by atoms with Gasteiger partial charge in [0.15, 0.2) is 0 Å². The predicted octanol–water partition coefficient (Wildman–Crippen LogP) is 5.26. The highest BCUT2D eigenvalue weighted by Crippen LogP contribution is 2.34. The van der Waals surface area contributed by atoms with Crippen molar-refractivity contribution in [1.29, 1.82) is 0 Å². The smallest absolute Gasteiger partial charge is 0.254 e. The molecule has 0 spiro atoms. The molecular weight excluding hydrogens is 441 g/mol. The average Bonchev–Trinajstić information content (AvgIpc) is 3.36. The lowest BCUT2D eigenvalue weighted by Crippen LogP contribution is -2.48. The van der Waals surface area contributed by atoms with E-state index >= 15 is 0 Å². The number of benzene rings is 3. The Balaban J connectivity index is 1.43. The van der Waals surface area contributed by atoms with Crippen molar-refractivity contribution in [2.24, 2.45) is 0 Å². The minimum atomic E-state index is -0.535. The molecule has 3 aromatic carbocycles. The molecule has 5 nitrogen and oxygen atoms in total. The molecule has 1 aliphatic heterocycles. The Labute approximate surface area is 204 Å². The zero-order valence-electron chi connectivity index (χ0n) is 19.7. The molecule has 1 aromatic heterocycles. The summed E-state index contributed by atoms with van der Waals surface area (Å²) in [7, 11) is 0. The van der Waals surface area contributed by atoms with E-state index in [0.717, 1.165) is 22.9 Å². The summed E-state index contributed by atoms with van der Waals surface area (Å²) in [5.74, 6) is -0.704. The van der Waals surface area contributed by atoms with E-state index in [1.165, 1.54) is 6.07 Å². The molecule has 0 unspecified atom stereocenters. The molecule has 0 saturated heterocycles. The molecule has 6 heteroatoms. The Morgan fingerprint density at radius 1 is 0.943 bits per heavy atom. The fourth-order valence-corrected chi connectivity index (χ4v) is 4.96. The van der Waals surface area contributed by atoms with Gasteiger partial charge in [-0.05, 0) is 47.5 Å². The van der Waals surface area contributed by atoms with Crippen LogP contribution in [0.1, 0.15) is 41.0 Å². The van der Waals surface area contributed by atoms with Gasteiger partial charge in [0.2, 0.25) is 5.91 Å². The van der Waals surface area contributed by atoms with Crippen LogP contribution in [0.4, 0.5) is 4.39 Å². The maximum Gasteiger partial charge on any atom is 0.254 e. The first-order valence-corrected chi connectivity index (χ1v) is 12.0. The highest BCUT2D eigenvalue weighted by Gasteiger charge is 2.34. The van der Waals surface area contributed by atoms with Crippen molar-refractivity contribution in [1.82, 2.24) is 14.4 Å². The second-order valence-corrected chi connectivity index (χ2v) is 8.93. The maximum absolute atomic E-state index is 14.9. The molecule has 1 atom stereocenters. The van der Waals surface area contributed by atoms with Crippen molar-refractivity contribution in [3.63, 3.8) is 0 Å². The highest BCUT2D eigenvalue weighted by atomic mass is 19.1. The fourth-order valence-electron chi connectivity index (χ4n) is 4.96. The summed E-state index contributed by atoms with van der Waals surface area (Å²) >= 11 is 0. The summed E-state index contributed by atoms with van der Waals surface area (Å²) in [4.78, 5) is 30.4. The van der Waals surface area contributed by atoms with Crippen molar-refractivity contribution in [2.45, 2.75) is 25.9 Å². The van der Waals surface area contributed by atoms with Crippen LogP contribution in [-0.2, 0) is 11.3 Å². The molecule has 4 aromatic rings. The van der Waals surface area contributed by atoms with Crippen molar-refractivity contribution in [3.8, 4) is 0 Å². The third-order valence-electron chi connectivity index (χ3n) is 6.66. The molecule has 0 radical (unpaired) electrons. The monoisotopic (exact) mass is 469 g/mol. The Morgan fingerprint density at radius 2 is 1.71 bits per heavy atom. The van der Waals surface area contributed by atoms with Gasteiger partial charge in [-0.15, -0.1) is 0 Å². The first kappa shape index (κ1) is 22.8. The number of aromatic nitrogens is 1. The number of halogens is 1. The molecule has 0 bridgehead atoms. The van der Waals surface area contributed by atoms with Crippen LogP contribution in [0.25, 0.3) is 10.8 Å². The van der Waals surface area contributed by atoms with Crippen molar-refractivity contribution in [3.05, 3.63) is 108 Å². The van der Waals surface area contributed by atoms with E-state index in [4.69, 9.17) is 0 Å². The van der Waals surface area contributed by atoms with Gasteiger partial charge >= 0.3 is 0 Å². The Morgan fingerprint density at radius 3 is 2.51 bits per heavy atom. The largest absolute Gasteiger partial charge is 0.348 e. The molecule has 0 saturated carbocycles. The van der Waals surface area contributed by atoms with Crippen molar-refractivity contribution >= 4 is 22.6 Å². The van der Waals surface area contributed by atoms with E-state index < -0.39 is 6.04 Å². The van der Waals surface area contributed by atoms with Gasteiger partial charge in [0.05, 0.1) is 0 Å². The summed E-state index contributed by atoms with van der Waals surface area (Å²) in [5, 5.41) is 2.05. The second kappa shape index (κ2) is 9.74. The van der Waals surface area contributed by atoms with Crippen LogP contribution in [0.5, 0.6) is 0 Å². The summed E-state index contributed by atoms with van der Waals surface area (Å²) < 4.78 is 16.9. The molecule has 2 amide bonds. The number of amides is 2. The molecule has 0 fully saturated rings. The van der Waals surface area contributed by atoms with Gasteiger partial charge in [-0.2, -0.15) is 0 Å². The van der Waals surface area contributed by atoms with E-state index in [1.807, 2.05) is 67.7 Å². The minimum Gasteiger partial charge on any atom is -0.348 e. The van der Waals surface area contributed by atoms with Gasteiger partial charge in [-0.3, -0.25) is 9.59 Å². The fraction of sp³-hybridized carbons (Fsp3) is 0.241. The Bertz CT molecular complexity index is 1380. The molecule has 0 N–H and O–H groups in total. The molecule has 5 rings (SSSR count). The Kier molecular flexibility index (Phi) is 6.36. The van der Waals surface area contributed by atoms with Gasteiger partial charge in [0, 0.05) is 42.7 Å². The summed E-state index contributed by atoms with van der Waals surface area (Å²) in [6.45, 7) is 3.48. The predicted molar refractivity (Wildman–Crippen MR) is 135 cm³/mol. The standard InChI is InChI=1S/C29H28FN3O2/c1-2-15-32(29(35)23-14-13-21-8-3-4-9-22(21)19-23)20-27(34)33-18-17-31-16-7-12-26(31)28(33)24-10-5-6-11-25(24)30/h3-14,16,19,28H,2,15,17-18,20H2,1H3/t28-/m0/s1. The minimum absolute atomic E-state index is 0.0504. The molecule has 0 aliphatic carbocycles. The average molecular weight is 470 g/mol. The molecule has 1 aliphatic rings. The van der Waals surface area contributed by atoms with E-state index in [9.17, 15) is 14.0 Å². The normalized spacial score (nSPS) is 15.1. The van der Waals surface area contributed by atoms with Gasteiger partial charge < -0.3 is 14.4 Å². The van der Waals surface area contributed by atoms with Gasteiger partial charge in [-0.25, -0.2) is 4.39 Å². The summed E-state index contributed by atoms with van der Waals surface area (Å²) in [5.41, 5.74) is 1.89. The molecular formula is C29H28FN3O2. The van der Waals surface area contributed by atoms with Crippen LogP contribution < -0.4 is 0 Å². The number of rotatable bonds is 6. The summed E-state index contributed by atoms with van der Waals surface area (Å²) in [6, 6.07) is 23.4. The topological polar surface area (TPSA) is 45.6 Å². The maximum atomic E-state index is 14.9. The van der Waals surface area contributed by atoms with E-state index in [-0.39, 0.29) is 24.2 Å². The third-order valence-corrected chi connectivity index (χ3v) is 6.66.